The van der Waals surface area contributed by atoms with Gasteiger partial charge in [-0.15, -0.1) is 0 Å². The Hall–Kier alpha value is -1.15. The molecule has 0 aromatic heterocycles. The molecule has 0 radical (unpaired) electrons. The first-order valence-electron chi connectivity index (χ1n) is 2.97. The first-order valence-corrected chi connectivity index (χ1v) is 2.97. The molecule has 56 valence electrons. The van der Waals surface area contributed by atoms with Gasteiger partial charge >= 0.3 is 5.97 Å². The van der Waals surface area contributed by atoms with E-state index in [1.807, 2.05) is 0 Å². The van der Waals surface area contributed by atoms with Gasteiger partial charge in [0.25, 0.3) is 0 Å². The minimum atomic E-state index is -0.720. The lowest BCUT2D eigenvalue weighted by molar-refractivity contribution is -0.139. The van der Waals surface area contributed by atoms with Gasteiger partial charge in [-0.2, -0.15) is 0 Å². The van der Waals surface area contributed by atoms with Crippen LogP contribution in [0.5, 0.6) is 0 Å². The second kappa shape index (κ2) is 4.70. The third kappa shape index (κ3) is 2.42. The van der Waals surface area contributed by atoms with Crippen LogP contribution in [-0.2, 0) is 4.79 Å². The van der Waals surface area contributed by atoms with Crippen LogP contribution < -0.4 is 5.32 Å². The molecule has 0 saturated carbocycles. The highest BCUT2D eigenvalue weighted by molar-refractivity contribution is 5.73. The van der Waals surface area contributed by atoms with Gasteiger partial charge < -0.3 is 10.4 Å². The van der Waals surface area contributed by atoms with Gasteiger partial charge in [-0.3, -0.25) is 4.79 Å². The number of hydrogen-bond acceptors (Lipinski definition) is 4. The molecule has 0 spiro atoms. The number of carbonyl (C=O) groups is 1. The number of carboxylic acid groups (broad SMARTS) is 1. The minimum absolute atomic E-state index is 0.269. The average molecular weight is 143 g/mol. The second-order valence-electron chi connectivity index (χ2n) is 1.99. The fourth-order valence-electron chi connectivity index (χ4n) is 0.895. The van der Waals surface area contributed by atoms with Crippen LogP contribution in [0.3, 0.4) is 0 Å². The molecule has 1 heterocycles. The lowest BCUT2D eigenvalue weighted by Gasteiger charge is -1.99. The summed E-state index contributed by atoms with van der Waals surface area (Å²) in [5.41, 5.74) is 0. The predicted octanol–water partition coefficient (Wildman–Crippen LogP) is -0.147. The maximum absolute atomic E-state index is 10.1. The predicted molar refractivity (Wildman–Crippen MR) is 32.1 cm³/mol. The van der Waals surface area contributed by atoms with Crippen molar-refractivity contribution in [2.24, 2.45) is 0 Å². The smallest absolute Gasteiger partial charge is 0.320 e. The van der Waals surface area contributed by atoms with Gasteiger partial charge in [0.15, 0.2) is 0 Å². The van der Waals surface area contributed by atoms with Gasteiger partial charge in [-0.05, 0) is 19.4 Å². The van der Waals surface area contributed by atoms with Gasteiger partial charge in [0.2, 0.25) is 0 Å². The summed E-state index contributed by atoms with van der Waals surface area (Å²) in [5, 5.41) is 23.2. The number of aliphatic carboxylic acids is 1. The largest absolute Gasteiger partial charge is 0.480 e. The molecule has 0 aromatic carbocycles. The van der Waals surface area contributed by atoms with Crippen molar-refractivity contribution in [1.29, 1.82) is 10.8 Å². The van der Waals surface area contributed by atoms with Crippen molar-refractivity contribution in [3.63, 3.8) is 0 Å². The molecule has 0 bridgehead atoms. The van der Waals surface area contributed by atoms with E-state index >= 15 is 0 Å². The van der Waals surface area contributed by atoms with Gasteiger partial charge in [0.05, 0.1) is 0 Å². The minimum Gasteiger partial charge on any atom is -0.480 e. The maximum Gasteiger partial charge on any atom is 0.320 e. The van der Waals surface area contributed by atoms with E-state index in [4.69, 9.17) is 15.9 Å². The van der Waals surface area contributed by atoms with Crippen molar-refractivity contribution >= 4 is 5.97 Å². The molecular formula is C5H9N3O2. The lowest BCUT2D eigenvalue weighted by atomic mass is 10.2. The van der Waals surface area contributed by atoms with Crippen molar-refractivity contribution in [3.8, 4) is 0 Å². The van der Waals surface area contributed by atoms with Crippen LogP contribution in [0.25, 0.3) is 0 Å². The summed E-state index contributed by atoms with van der Waals surface area (Å²) >= 11 is 0. The van der Waals surface area contributed by atoms with E-state index in [1.54, 1.807) is 0 Å². The number of nitrogens with one attached hydrogen (secondary N) is 1. The summed E-state index contributed by atoms with van der Waals surface area (Å²) < 4.78 is 0. The molecule has 0 aliphatic carbocycles. The molecule has 1 aliphatic heterocycles. The zero-order valence-corrected chi connectivity index (χ0v) is 5.45. The number of hydrogen-bond donors (Lipinski definition) is 2. The molecule has 5 nitrogen and oxygen atoms in total. The molecule has 1 saturated heterocycles. The van der Waals surface area contributed by atoms with E-state index in [-0.39, 0.29) is 6.04 Å². The Kier molecular flexibility index (Phi) is 4.16. The van der Waals surface area contributed by atoms with E-state index in [0.29, 0.717) is 0 Å². The SMILES string of the molecule is N#N.O=C(O)[C@@H]1CCCN1. The Labute approximate surface area is 58.5 Å². The molecule has 0 amide bonds. The van der Waals surface area contributed by atoms with E-state index in [1.165, 1.54) is 0 Å². The fourth-order valence-corrected chi connectivity index (χ4v) is 0.895. The molecule has 1 atom stereocenters. The Morgan fingerprint density at radius 3 is 2.40 bits per heavy atom. The van der Waals surface area contributed by atoms with Crippen molar-refractivity contribution in [1.82, 2.24) is 5.32 Å². The molecule has 0 unspecified atom stereocenters. The first kappa shape index (κ1) is 8.85. The van der Waals surface area contributed by atoms with Crippen LogP contribution in [0.15, 0.2) is 0 Å². The molecule has 5 heteroatoms. The Bertz CT molecular complexity index is 128. The highest BCUT2D eigenvalue weighted by Gasteiger charge is 2.20. The van der Waals surface area contributed by atoms with Gasteiger partial charge in [0.1, 0.15) is 6.04 Å². The fraction of sp³-hybridized carbons (Fsp3) is 0.800. The van der Waals surface area contributed by atoms with Crippen LogP contribution in [0.4, 0.5) is 0 Å². The molecule has 0 aromatic rings. The molecule has 1 rings (SSSR count). The van der Waals surface area contributed by atoms with Gasteiger partial charge in [-0.25, -0.2) is 0 Å². The molecule has 1 fully saturated rings. The summed E-state index contributed by atoms with van der Waals surface area (Å²) in [6.07, 6.45) is 1.78. The topological polar surface area (TPSA) is 96.9 Å². The maximum atomic E-state index is 10.1. The summed E-state index contributed by atoms with van der Waals surface area (Å²) in [6.45, 7) is 0.858. The Balaban J connectivity index is 0.000000371. The van der Waals surface area contributed by atoms with Gasteiger partial charge in [0, 0.05) is 10.8 Å². The highest BCUT2D eigenvalue weighted by atomic mass is 16.4. The van der Waals surface area contributed by atoms with Crippen LogP contribution in [0, 0.1) is 10.8 Å². The molecule has 10 heavy (non-hydrogen) atoms. The van der Waals surface area contributed by atoms with Crippen LogP contribution in [-0.4, -0.2) is 23.7 Å². The number of rotatable bonds is 1. The normalized spacial score (nSPS) is 22.8. The summed E-state index contributed by atoms with van der Waals surface area (Å²) in [6, 6.07) is -0.269. The van der Waals surface area contributed by atoms with Crippen LogP contribution in [0.2, 0.25) is 0 Å². The Morgan fingerprint density at radius 1 is 1.60 bits per heavy atom. The zero-order chi connectivity index (χ0) is 7.98. The zero-order valence-electron chi connectivity index (χ0n) is 5.45. The quantitative estimate of drug-likeness (QED) is 0.497. The summed E-state index contributed by atoms with van der Waals surface area (Å²) in [4.78, 5) is 10.1. The van der Waals surface area contributed by atoms with E-state index in [0.717, 1.165) is 19.4 Å². The third-order valence-electron chi connectivity index (χ3n) is 1.36. The van der Waals surface area contributed by atoms with Crippen LogP contribution in [0.1, 0.15) is 12.8 Å². The molecule has 1 aliphatic rings. The van der Waals surface area contributed by atoms with Crippen LogP contribution >= 0.6 is 0 Å². The first-order chi connectivity index (χ1) is 4.80. The average Bonchev–Trinajstić information content (AvgIpc) is 2.42. The lowest BCUT2D eigenvalue weighted by Crippen LogP contribution is -2.29. The van der Waals surface area contributed by atoms with Crippen molar-refractivity contribution in [2.45, 2.75) is 18.9 Å². The molecule has 2 N–H and O–H groups in total. The monoisotopic (exact) mass is 143 g/mol. The van der Waals surface area contributed by atoms with Crippen molar-refractivity contribution < 1.29 is 9.90 Å². The van der Waals surface area contributed by atoms with Gasteiger partial charge in [-0.1, -0.05) is 0 Å². The van der Waals surface area contributed by atoms with E-state index in [2.05, 4.69) is 5.32 Å². The number of nitrogens with zero attached hydrogens (tertiary/aromatic N) is 2. The molecular weight excluding hydrogens is 134 g/mol. The van der Waals surface area contributed by atoms with Crippen molar-refractivity contribution in [3.05, 3.63) is 0 Å². The highest BCUT2D eigenvalue weighted by Crippen LogP contribution is 2.03. The summed E-state index contributed by atoms with van der Waals surface area (Å²) in [5.74, 6) is -0.720. The third-order valence-corrected chi connectivity index (χ3v) is 1.36. The standard InChI is InChI=1S/C5H9NO2.N2/c7-5(8)4-2-1-3-6-4;1-2/h4,6H,1-3H2,(H,7,8);/t4-;/m0./s1. The number of carboxylic acids is 1. The van der Waals surface area contributed by atoms with Crippen molar-refractivity contribution in [2.75, 3.05) is 6.54 Å². The van der Waals surface area contributed by atoms with E-state index in [9.17, 15) is 4.79 Å². The summed E-state index contributed by atoms with van der Waals surface area (Å²) in [7, 11) is 0. The second-order valence-corrected chi connectivity index (χ2v) is 1.99. The Morgan fingerprint density at radius 2 is 2.20 bits per heavy atom. The van der Waals surface area contributed by atoms with E-state index < -0.39 is 5.97 Å².